The molecule has 0 saturated carbocycles. The second kappa shape index (κ2) is 3.77. The summed E-state index contributed by atoms with van der Waals surface area (Å²) in [5.74, 6) is 0.859. The van der Waals surface area contributed by atoms with Gasteiger partial charge in [-0.3, -0.25) is 4.90 Å². The summed E-state index contributed by atoms with van der Waals surface area (Å²) in [6, 6.07) is 1.18. The third-order valence-corrected chi connectivity index (χ3v) is 4.16. The first-order valence-corrected chi connectivity index (χ1v) is 6.31. The van der Waals surface area contributed by atoms with Crippen LogP contribution in [0.25, 0.3) is 0 Å². The Morgan fingerprint density at radius 1 is 1.25 bits per heavy atom. The van der Waals surface area contributed by atoms with E-state index >= 15 is 0 Å². The molecule has 4 heteroatoms. The van der Waals surface area contributed by atoms with E-state index in [0.29, 0.717) is 12.1 Å². The van der Waals surface area contributed by atoms with Crippen molar-refractivity contribution in [3.63, 3.8) is 0 Å². The van der Waals surface area contributed by atoms with Gasteiger partial charge in [0.25, 0.3) is 0 Å². The lowest BCUT2D eigenvalue weighted by atomic mass is 9.99. The summed E-state index contributed by atoms with van der Waals surface area (Å²) in [5, 5.41) is 4.45. The fourth-order valence-corrected chi connectivity index (χ4v) is 3.23. The zero-order chi connectivity index (χ0) is 11.1. The quantitative estimate of drug-likeness (QED) is 0.781. The van der Waals surface area contributed by atoms with Crippen LogP contribution < -0.4 is 5.73 Å². The number of anilines is 1. The van der Waals surface area contributed by atoms with E-state index in [1.165, 1.54) is 38.8 Å². The fourth-order valence-electron chi connectivity index (χ4n) is 3.23. The number of fused-ring (bicyclic) bond motifs is 1. The maximum atomic E-state index is 6.09. The molecule has 4 nitrogen and oxygen atoms in total. The van der Waals surface area contributed by atoms with E-state index in [1.807, 2.05) is 13.1 Å². The van der Waals surface area contributed by atoms with Crippen molar-refractivity contribution in [2.75, 3.05) is 18.8 Å². The van der Waals surface area contributed by atoms with Gasteiger partial charge in [0.2, 0.25) is 0 Å². The minimum Gasteiger partial charge on any atom is -0.384 e. The van der Waals surface area contributed by atoms with Crippen molar-refractivity contribution < 1.29 is 0 Å². The Morgan fingerprint density at radius 2 is 2.12 bits per heavy atom. The van der Waals surface area contributed by atoms with Crippen LogP contribution in [0.5, 0.6) is 0 Å². The van der Waals surface area contributed by atoms with Crippen LogP contribution in [0.4, 0.5) is 5.82 Å². The molecule has 16 heavy (non-hydrogen) atoms. The summed E-state index contributed by atoms with van der Waals surface area (Å²) < 4.78 is 2.06. The number of aromatic nitrogens is 2. The number of hydrogen-bond donors (Lipinski definition) is 1. The number of nitrogens with two attached hydrogens (primary N) is 1. The molecule has 2 aliphatic heterocycles. The van der Waals surface area contributed by atoms with Crippen molar-refractivity contribution in [3.8, 4) is 0 Å². The van der Waals surface area contributed by atoms with Crippen LogP contribution in [0.3, 0.4) is 0 Å². The number of nitrogens with zero attached hydrogens (tertiary/aromatic N) is 3. The van der Waals surface area contributed by atoms with Crippen LogP contribution in [0.2, 0.25) is 0 Å². The number of piperidine rings is 1. The molecule has 0 amide bonds. The van der Waals surface area contributed by atoms with Gasteiger partial charge in [-0.25, -0.2) is 4.68 Å². The fraction of sp³-hybridized carbons (Fsp3) is 0.750. The highest BCUT2D eigenvalue weighted by atomic mass is 15.4. The summed E-state index contributed by atoms with van der Waals surface area (Å²) in [5.41, 5.74) is 7.19. The zero-order valence-corrected chi connectivity index (χ0v) is 9.89. The van der Waals surface area contributed by atoms with E-state index in [1.54, 1.807) is 0 Å². The van der Waals surface area contributed by atoms with Crippen molar-refractivity contribution in [2.45, 2.75) is 44.7 Å². The van der Waals surface area contributed by atoms with Crippen molar-refractivity contribution in [1.82, 2.24) is 14.7 Å². The molecule has 1 aromatic heterocycles. The Bertz CT molecular complexity index is 384. The van der Waals surface area contributed by atoms with Crippen LogP contribution in [-0.2, 0) is 0 Å². The average Bonchev–Trinajstić information content (AvgIpc) is 2.85. The Kier molecular flexibility index (Phi) is 2.39. The summed E-state index contributed by atoms with van der Waals surface area (Å²) in [6.45, 7) is 4.52. The molecule has 2 saturated heterocycles. The molecule has 2 aliphatic rings. The molecule has 2 N–H and O–H groups in total. The first-order valence-electron chi connectivity index (χ1n) is 6.31. The first-order chi connectivity index (χ1) is 7.77. The standard InChI is InChI=1S/C12H20N4/c1-9-8-14-16(12(9)13)11-5-7-15-6-3-2-4-10(11)15/h8,10-11H,2-7,13H2,1H3. The van der Waals surface area contributed by atoms with Gasteiger partial charge in [0.1, 0.15) is 5.82 Å². The van der Waals surface area contributed by atoms with Crippen molar-refractivity contribution in [3.05, 3.63) is 11.8 Å². The monoisotopic (exact) mass is 220 g/mol. The third-order valence-electron chi connectivity index (χ3n) is 4.16. The van der Waals surface area contributed by atoms with Gasteiger partial charge >= 0.3 is 0 Å². The molecule has 3 rings (SSSR count). The first kappa shape index (κ1) is 10.1. The van der Waals surface area contributed by atoms with Gasteiger partial charge in [-0.1, -0.05) is 6.42 Å². The van der Waals surface area contributed by atoms with Crippen LogP contribution in [0.1, 0.15) is 37.3 Å². The Morgan fingerprint density at radius 3 is 2.88 bits per heavy atom. The molecule has 2 unspecified atom stereocenters. The minimum absolute atomic E-state index is 0.508. The second-order valence-electron chi connectivity index (χ2n) is 5.11. The van der Waals surface area contributed by atoms with Gasteiger partial charge in [0, 0.05) is 18.2 Å². The van der Waals surface area contributed by atoms with Crippen LogP contribution in [0, 0.1) is 6.92 Å². The van der Waals surface area contributed by atoms with Crippen LogP contribution in [-0.4, -0.2) is 33.8 Å². The molecule has 0 aliphatic carbocycles. The van der Waals surface area contributed by atoms with Gasteiger partial charge < -0.3 is 5.73 Å². The largest absolute Gasteiger partial charge is 0.384 e. The van der Waals surface area contributed by atoms with E-state index in [9.17, 15) is 0 Å². The van der Waals surface area contributed by atoms with Crippen LogP contribution in [0.15, 0.2) is 6.20 Å². The SMILES string of the molecule is Cc1cnn(C2CCN3CCCCC23)c1N. The summed E-state index contributed by atoms with van der Waals surface area (Å²) >= 11 is 0. The highest BCUT2D eigenvalue weighted by Gasteiger charge is 2.37. The lowest BCUT2D eigenvalue weighted by molar-refractivity contribution is 0.170. The van der Waals surface area contributed by atoms with E-state index in [-0.39, 0.29) is 0 Å². The highest BCUT2D eigenvalue weighted by molar-refractivity contribution is 5.38. The van der Waals surface area contributed by atoms with Gasteiger partial charge in [0.05, 0.1) is 12.2 Å². The molecule has 1 aromatic rings. The van der Waals surface area contributed by atoms with Gasteiger partial charge in [-0.2, -0.15) is 5.10 Å². The number of aryl methyl sites for hydroxylation is 1. The van der Waals surface area contributed by atoms with Crippen molar-refractivity contribution in [1.29, 1.82) is 0 Å². The molecule has 3 heterocycles. The predicted molar refractivity (Wildman–Crippen MR) is 64.2 cm³/mol. The lowest BCUT2D eigenvalue weighted by Crippen LogP contribution is -2.38. The smallest absolute Gasteiger partial charge is 0.124 e. The Labute approximate surface area is 96.4 Å². The summed E-state index contributed by atoms with van der Waals surface area (Å²) in [6.07, 6.45) is 7.12. The molecule has 0 bridgehead atoms. The minimum atomic E-state index is 0.508. The molecule has 88 valence electrons. The van der Waals surface area contributed by atoms with Gasteiger partial charge in [-0.15, -0.1) is 0 Å². The lowest BCUT2D eigenvalue weighted by Gasteiger charge is -2.32. The number of rotatable bonds is 1. The summed E-state index contributed by atoms with van der Waals surface area (Å²) in [4.78, 5) is 2.62. The summed E-state index contributed by atoms with van der Waals surface area (Å²) in [7, 11) is 0. The topological polar surface area (TPSA) is 47.1 Å². The Hall–Kier alpha value is -1.03. The van der Waals surface area contributed by atoms with Gasteiger partial charge in [0.15, 0.2) is 0 Å². The van der Waals surface area contributed by atoms with Gasteiger partial charge in [-0.05, 0) is 32.7 Å². The van der Waals surface area contributed by atoms with Crippen LogP contribution >= 0.6 is 0 Å². The highest BCUT2D eigenvalue weighted by Crippen LogP contribution is 2.36. The van der Waals surface area contributed by atoms with E-state index in [2.05, 4.69) is 14.7 Å². The normalized spacial score (nSPS) is 30.6. The molecular formula is C12H20N4. The Balaban J connectivity index is 1.87. The van der Waals surface area contributed by atoms with Crippen molar-refractivity contribution in [2.24, 2.45) is 0 Å². The second-order valence-corrected chi connectivity index (χ2v) is 5.11. The molecule has 0 aromatic carbocycles. The molecule has 0 spiro atoms. The molecule has 2 fully saturated rings. The molecule has 2 atom stereocenters. The molecular weight excluding hydrogens is 200 g/mol. The van der Waals surface area contributed by atoms with Crippen molar-refractivity contribution >= 4 is 5.82 Å². The average molecular weight is 220 g/mol. The maximum absolute atomic E-state index is 6.09. The van der Waals surface area contributed by atoms with E-state index < -0.39 is 0 Å². The van der Waals surface area contributed by atoms with E-state index in [4.69, 9.17) is 5.73 Å². The third kappa shape index (κ3) is 1.44. The number of hydrogen-bond acceptors (Lipinski definition) is 3. The predicted octanol–water partition coefficient (Wildman–Crippen LogP) is 1.57. The zero-order valence-electron chi connectivity index (χ0n) is 9.89. The molecule has 0 radical (unpaired) electrons. The number of nitrogen functional groups attached to an aromatic ring is 1. The van der Waals surface area contributed by atoms with E-state index in [0.717, 1.165) is 11.4 Å². The maximum Gasteiger partial charge on any atom is 0.124 e.